The lowest BCUT2D eigenvalue weighted by Crippen LogP contribution is -2.01. The zero-order chi connectivity index (χ0) is 15.5. The molecular weight excluding hydrogens is 286 g/mol. The van der Waals surface area contributed by atoms with Crippen LogP contribution in [0.2, 0.25) is 0 Å². The number of nitrogens with one attached hydrogen (secondary N) is 1. The summed E-state index contributed by atoms with van der Waals surface area (Å²) in [5, 5.41) is 0. The maximum atomic E-state index is 13.8. The van der Waals surface area contributed by atoms with E-state index in [9.17, 15) is 8.78 Å². The van der Waals surface area contributed by atoms with Crippen molar-refractivity contribution in [3.05, 3.63) is 48.0 Å². The third-order valence-corrected chi connectivity index (χ3v) is 3.41. The minimum Gasteiger partial charge on any atom is -0.490 e. The molecule has 0 aliphatic rings. The highest BCUT2D eigenvalue weighted by molar-refractivity contribution is 5.79. The number of aromatic nitrogens is 2. The molecule has 0 radical (unpaired) electrons. The Hall–Kier alpha value is -2.43. The minimum atomic E-state index is -0.962. The standard InChI is InChI=1S/C17H16F2N2O/c1-2-3-8-22-15-10-11(9-12(18)16(15)19)17-20-13-6-4-5-7-14(13)21-17/h4-7,9-10H,2-3,8H2,1H3,(H,20,21). The van der Waals surface area contributed by atoms with Crippen molar-refractivity contribution in [3.8, 4) is 17.1 Å². The molecule has 3 rings (SSSR count). The molecule has 0 unspecified atom stereocenters. The predicted octanol–water partition coefficient (Wildman–Crippen LogP) is 4.69. The number of hydrogen-bond donors (Lipinski definition) is 1. The molecule has 1 N–H and O–H groups in total. The first-order valence-corrected chi connectivity index (χ1v) is 7.26. The van der Waals surface area contributed by atoms with Crippen molar-refractivity contribution in [3.63, 3.8) is 0 Å². The molecule has 3 aromatic rings. The molecule has 1 aromatic heterocycles. The average Bonchev–Trinajstić information content (AvgIpc) is 2.95. The molecule has 3 nitrogen and oxygen atoms in total. The minimum absolute atomic E-state index is 0.0797. The SMILES string of the molecule is CCCCOc1cc(-c2nc3ccccc3[nH]2)cc(F)c1F. The Bertz CT molecular complexity index is 765. The number of halogens is 2. The van der Waals surface area contributed by atoms with Crippen LogP contribution in [0.4, 0.5) is 8.78 Å². The van der Waals surface area contributed by atoms with Crippen LogP contribution in [0.15, 0.2) is 36.4 Å². The lowest BCUT2D eigenvalue weighted by atomic mass is 10.2. The largest absolute Gasteiger partial charge is 0.490 e. The Morgan fingerprint density at radius 1 is 1.18 bits per heavy atom. The molecule has 2 aromatic carbocycles. The predicted molar refractivity (Wildman–Crippen MR) is 81.8 cm³/mol. The Balaban J connectivity index is 1.99. The van der Waals surface area contributed by atoms with Crippen LogP contribution in [-0.2, 0) is 0 Å². The van der Waals surface area contributed by atoms with Crippen LogP contribution in [0.3, 0.4) is 0 Å². The fraction of sp³-hybridized carbons (Fsp3) is 0.235. The first-order chi connectivity index (χ1) is 10.7. The first-order valence-electron chi connectivity index (χ1n) is 7.26. The number of imidazole rings is 1. The average molecular weight is 302 g/mol. The third-order valence-electron chi connectivity index (χ3n) is 3.41. The summed E-state index contributed by atoms with van der Waals surface area (Å²) in [6.07, 6.45) is 1.71. The fourth-order valence-electron chi connectivity index (χ4n) is 2.22. The summed E-state index contributed by atoms with van der Waals surface area (Å²) in [6.45, 7) is 2.36. The van der Waals surface area contributed by atoms with E-state index in [4.69, 9.17) is 4.74 Å². The molecule has 0 bridgehead atoms. The summed E-state index contributed by atoms with van der Waals surface area (Å²) >= 11 is 0. The highest BCUT2D eigenvalue weighted by atomic mass is 19.2. The molecule has 0 saturated carbocycles. The number of benzene rings is 2. The highest BCUT2D eigenvalue weighted by Gasteiger charge is 2.15. The molecule has 0 fully saturated rings. The molecule has 5 heteroatoms. The Kier molecular flexibility index (Phi) is 4.04. The van der Waals surface area contributed by atoms with E-state index in [1.165, 1.54) is 6.07 Å². The van der Waals surface area contributed by atoms with Crippen LogP contribution in [0, 0.1) is 11.6 Å². The van der Waals surface area contributed by atoms with Gasteiger partial charge in [-0.2, -0.15) is 4.39 Å². The Morgan fingerprint density at radius 3 is 2.77 bits per heavy atom. The second-order valence-electron chi connectivity index (χ2n) is 5.07. The summed E-state index contributed by atoms with van der Waals surface area (Å²) in [5.41, 5.74) is 2.08. The van der Waals surface area contributed by atoms with Crippen LogP contribution in [0.5, 0.6) is 5.75 Å². The molecular formula is C17H16F2N2O. The molecule has 0 aliphatic heterocycles. The van der Waals surface area contributed by atoms with Gasteiger partial charge in [-0.05, 0) is 30.7 Å². The van der Waals surface area contributed by atoms with E-state index in [-0.39, 0.29) is 5.75 Å². The van der Waals surface area contributed by atoms with Gasteiger partial charge >= 0.3 is 0 Å². The van der Waals surface area contributed by atoms with Crippen LogP contribution in [0.1, 0.15) is 19.8 Å². The van der Waals surface area contributed by atoms with Crippen LogP contribution in [-0.4, -0.2) is 16.6 Å². The summed E-state index contributed by atoms with van der Waals surface area (Å²) < 4.78 is 32.9. The number of hydrogen-bond acceptors (Lipinski definition) is 2. The fourth-order valence-corrected chi connectivity index (χ4v) is 2.22. The molecule has 114 valence electrons. The number of para-hydroxylation sites is 2. The van der Waals surface area contributed by atoms with E-state index in [1.54, 1.807) is 0 Å². The van der Waals surface area contributed by atoms with Gasteiger partial charge < -0.3 is 9.72 Å². The number of rotatable bonds is 5. The Morgan fingerprint density at radius 2 is 2.00 bits per heavy atom. The van der Waals surface area contributed by atoms with Crippen molar-refractivity contribution >= 4 is 11.0 Å². The van der Waals surface area contributed by atoms with Gasteiger partial charge in [-0.25, -0.2) is 9.37 Å². The van der Waals surface area contributed by atoms with Crippen molar-refractivity contribution < 1.29 is 13.5 Å². The van der Waals surface area contributed by atoms with E-state index in [2.05, 4.69) is 9.97 Å². The van der Waals surface area contributed by atoms with Gasteiger partial charge in [0.05, 0.1) is 17.6 Å². The number of ether oxygens (including phenoxy) is 1. The van der Waals surface area contributed by atoms with E-state index in [0.29, 0.717) is 18.0 Å². The normalized spacial score (nSPS) is 11.0. The van der Waals surface area contributed by atoms with Gasteiger partial charge in [0, 0.05) is 5.56 Å². The second-order valence-corrected chi connectivity index (χ2v) is 5.07. The van der Waals surface area contributed by atoms with Crippen molar-refractivity contribution in [1.29, 1.82) is 0 Å². The maximum absolute atomic E-state index is 13.8. The summed E-state index contributed by atoms with van der Waals surface area (Å²) in [4.78, 5) is 7.49. The van der Waals surface area contributed by atoms with Gasteiger partial charge in [0.2, 0.25) is 5.82 Å². The summed E-state index contributed by atoms with van der Waals surface area (Å²) in [5.74, 6) is -1.50. The summed E-state index contributed by atoms with van der Waals surface area (Å²) in [6, 6.07) is 10.1. The summed E-state index contributed by atoms with van der Waals surface area (Å²) in [7, 11) is 0. The van der Waals surface area contributed by atoms with Gasteiger partial charge in [-0.15, -0.1) is 0 Å². The molecule has 0 atom stereocenters. The second kappa shape index (κ2) is 6.13. The van der Waals surface area contributed by atoms with Crippen molar-refractivity contribution in [2.24, 2.45) is 0 Å². The molecule has 1 heterocycles. The van der Waals surface area contributed by atoms with E-state index in [0.717, 1.165) is 29.9 Å². The first kappa shape index (κ1) is 14.5. The van der Waals surface area contributed by atoms with Crippen molar-refractivity contribution in [2.75, 3.05) is 6.61 Å². The zero-order valence-corrected chi connectivity index (χ0v) is 12.2. The van der Waals surface area contributed by atoms with Gasteiger partial charge in [-0.3, -0.25) is 0 Å². The van der Waals surface area contributed by atoms with E-state index in [1.807, 2.05) is 31.2 Å². The Labute approximate surface area is 127 Å². The lowest BCUT2D eigenvalue weighted by Gasteiger charge is -2.08. The van der Waals surface area contributed by atoms with Gasteiger partial charge in [0.25, 0.3) is 0 Å². The monoisotopic (exact) mass is 302 g/mol. The maximum Gasteiger partial charge on any atom is 0.200 e. The van der Waals surface area contributed by atoms with E-state index < -0.39 is 11.6 Å². The molecule has 0 saturated heterocycles. The van der Waals surface area contributed by atoms with E-state index >= 15 is 0 Å². The van der Waals surface area contributed by atoms with Gasteiger partial charge in [0.15, 0.2) is 11.6 Å². The number of unbranched alkanes of at least 4 members (excludes halogenated alkanes) is 1. The quantitative estimate of drug-likeness (QED) is 0.694. The van der Waals surface area contributed by atoms with Crippen LogP contribution in [0.25, 0.3) is 22.4 Å². The lowest BCUT2D eigenvalue weighted by molar-refractivity contribution is 0.289. The number of fused-ring (bicyclic) bond motifs is 1. The smallest absolute Gasteiger partial charge is 0.200 e. The van der Waals surface area contributed by atoms with Gasteiger partial charge in [0.1, 0.15) is 5.82 Å². The van der Waals surface area contributed by atoms with Crippen LogP contribution >= 0.6 is 0 Å². The number of H-pyrrole nitrogens is 1. The van der Waals surface area contributed by atoms with Crippen LogP contribution < -0.4 is 4.74 Å². The molecule has 0 aliphatic carbocycles. The third kappa shape index (κ3) is 2.79. The number of aromatic amines is 1. The topological polar surface area (TPSA) is 37.9 Å². The van der Waals surface area contributed by atoms with Crippen molar-refractivity contribution in [2.45, 2.75) is 19.8 Å². The highest BCUT2D eigenvalue weighted by Crippen LogP contribution is 2.28. The zero-order valence-electron chi connectivity index (χ0n) is 12.2. The van der Waals surface area contributed by atoms with Crippen molar-refractivity contribution in [1.82, 2.24) is 9.97 Å². The molecule has 0 amide bonds. The number of nitrogens with zero attached hydrogens (tertiary/aromatic N) is 1. The molecule has 0 spiro atoms. The van der Waals surface area contributed by atoms with Gasteiger partial charge in [-0.1, -0.05) is 25.5 Å². The molecule has 22 heavy (non-hydrogen) atoms.